The van der Waals surface area contributed by atoms with E-state index in [9.17, 15) is 14.2 Å². The quantitative estimate of drug-likeness (QED) is 0.464. The van der Waals surface area contributed by atoms with Crippen LogP contribution in [0.2, 0.25) is 0 Å². The normalized spacial score (nSPS) is 13.5. The zero-order valence-electron chi connectivity index (χ0n) is 7.87. The Kier molecular flexibility index (Phi) is 5.49. The Bertz CT molecular complexity index is 281. The number of rotatable bonds is 7. The van der Waals surface area contributed by atoms with Crippen molar-refractivity contribution in [2.24, 2.45) is 5.92 Å². The summed E-state index contributed by atoms with van der Waals surface area (Å²) in [6.07, 6.45) is -1.20. The molecular formula is C7H13O7P. The van der Waals surface area contributed by atoms with E-state index < -0.39 is 31.6 Å². The van der Waals surface area contributed by atoms with Crippen molar-refractivity contribution in [2.75, 3.05) is 6.16 Å². The third-order valence-corrected chi connectivity index (χ3v) is 2.67. The number of carboxylic acid groups (broad SMARTS) is 2. The van der Waals surface area contributed by atoms with Crippen molar-refractivity contribution >= 4 is 19.5 Å². The molecule has 0 aliphatic carbocycles. The molecule has 0 rings (SSSR count). The monoisotopic (exact) mass is 240 g/mol. The van der Waals surface area contributed by atoms with E-state index in [4.69, 9.17) is 20.0 Å². The van der Waals surface area contributed by atoms with Gasteiger partial charge in [0.2, 0.25) is 0 Å². The molecule has 0 saturated heterocycles. The first-order valence-electron chi connectivity index (χ1n) is 4.21. The summed E-state index contributed by atoms with van der Waals surface area (Å²) in [5, 5.41) is 17.0. The van der Waals surface area contributed by atoms with Gasteiger partial charge in [-0.3, -0.25) is 14.2 Å². The molecule has 0 aromatic heterocycles. The van der Waals surface area contributed by atoms with Crippen LogP contribution in [0.15, 0.2) is 0 Å². The summed E-state index contributed by atoms with van der Waals surface area (Å²) < 4.78 is 10.5. The highest BCUT2D eigenvalue weighted by atomic mass is 31.2. The van der Waals surface area contributed by atoms with Gasteiger partial charge in [-0.25, -0.2) is 0 Å². The highest BCUT2D eigenvalue weighted by molar-refractivity contribution is 7.51. The number of hydrogen-bond donors (Lipinski definition) is 4. The number of aliphatic carboxylic acids is 2. The lowest BCUT2D eigenvalue weighted by molar-refractivity contribution is -0.143. The van der Waals surface area contributed by atoms with Crippen molar-refractivity contribution in [3.63, 3.8) is 0 Å². The Balaban J connectivity index is 4.11. The number of hydrogen-bond acceptors (Lipinski definition) is 3. The van der Waals surface area contributed by atoms with Crippen molar-refractivity contribution in [3.05, 3.63) is 0 Å². The SMILES string of the molecule is O=C(O)CCC(CCP(=O)(O)O)C(=O)O. The van der Waals surface area contributed by atoms with Gasteiger partial charge in [0.15, 0.2) is 0 Å². The van der Waals surface area contributed by atoms with Crippen LogP contribution in [0.25, 0.3) is 0 Å². The molecule has 15 heavy (non-hydrogen) atoms. The largest absolute Gasteiger partial charge is 0.481 e. The molecule has 1 unspecified atom stereocenters. The smallest absolute Gasteiger partial charge is 0.325 e. The van der Waals surface area contributed by atoms with Crippen LogP contribution < -0.4 is 0 Å². The van der Waals surface area contributed by atoms with Crippen LogP contribution in [0.5, 0.6) is 0 Å². The van der Waals surface area contributed by atoms with Gasteiger partial charge in [-0.2, -0.15) is 0 Å². The highest BCUT2D eigenvalue weighted by Gasteiger charge is 2.23. The summed E-state index contributed by atoms with van der Waals surface area (Å²) in [6.45, 7) is 0. The van der Waals surface area contributed by atoms with E-state index in [1.807, 2.05) is 0 Å². The van der Waals surface area contributed by atoms with Crippen LogP contribution in [0.4, 0.5) is 0 Å². The van der Waals surface area contributed by atoms with Crippen LogP contribution in [-0.4, -0.2) is 38.1 Å². The second kappa shape index (κ2) is 5.85. The van der Waals surface area contributed by atoms with Crippen molar-refractivity contribution in [2.45, 2.75) is 19.3 Å². The van der Waals surface area contributed by atoms with Crippen LogP contribution in [0.3, 0.4) is 0 Å². The minimum absolute atomic E-state index is 0.120. The zero-order chi connectivity index (χ0) is 12.1. The summed E-state index contributed by atoms with van der Waals surface area (Å²) in [5.41, 5.74) is 0. The van der Waals surface area contributed by atoms with Gasteiger partial charge in [0, 0.05) is 6.42 Å². The molecule has 0 aliphatic heterocycles. The average Bonchev–Trinajstić information content (AvgIpc) is 2.00. The molecule has 4 N–H and O–H groups in total. The molecule has 0 aliphatic rings. The molecule has 7 nitrogen and oxygen atoms in total. The van der Waals surface area contributed by atoms with E-state index in [1.54, 1.807) is 0 Å². The maximum absolute atomic E-state index is 10.6. The maximum atomic E-state index is 10.6. The minimum atomic E-state index is -4.22. The van der Waals surface area contributed by atoms with Gasteiger partial charge in [0.25, 0.3) is 0 Å². The summed E-state index contributed by atoms with van der Waals surface area (Å²) >= 11 is 0. The Labute approximate surface area is 85.9 Å². The summed E-state index contributed by atoms with van der Waals surface area (Å²) in [7, 11) is -4.22. The molecule has 0 spiro atoms. The van der Waals surface area contributed by atoms with Crippen molar-refractivity contribution < 1.29 is 34.2 Å². The third kappa shape index (κ3) is 8.11. The lowest BCUT2D eigenvalue weighted by atomic mass is 10.0. The summed E-state index contributed by atoms with van der Waals surface area (Å²) in [4.78, 5) is 37.8. The van der Waals surface area contributed by atoms with Gasteiger partial charge in [-0.1, -0.05) is 0 Å². The van der Waals surface area contributed by atoms with Gasteiger partial charge < -0.3 is 20.0 Å². The van der Waals surface area contributed by atoms with Crippen molar-refractivity contribution in [1.82, 2.24) is 0 Å². The first-order chi connectivity index (χ1) is 6.72. The molecule has 0 aromatic rings. The average molecular weight is 240 g/mol. The molecule has 0 fully saturated rings. The summed E-state index contributed by atoms with van der Waals surface area (Å²) in [5.74, 6) is -3.38. The van der Waals surface area contributed by atoms with Crippen LogP contribution in [0.1, 0.15) is 19.3 Å². The van der Waals surface area contributed by atoms with E-state index in [1.165, 1.54) is 0 Å². The molecule has 0 amide bonds. The molecule has 0 radical (unpaired) electrons. The second-order valence-electron chi connectivity index (χ2n) is 3.14. The van der Waals surface area contributed by atoms with Gasteiger partial charge >= 0.3 is 19.5 Å². The number of carbonyl (C=O) groups is 2. The number of carboxylic acids is 2. The molecule has 1 atom stereocenters. The van der Waals surface area contributed by atoms with Gasteiger partial charge in [-0.05, 0) is 12.8 Å². The first kappa shape index (κ1) is 14.1. The predicted octanol–water partition coefficient (Wildman–Crippen LogP) is 0.120. The molecule has 0 aromatic carbocycles. The standard InChI is InChI=1S/C7H13O7P/c8-6(9)2-1-5(7(10)11)3-4-15(12,13)14/h5H,1-4H2,(H,8,9)(H,10,11)(H2,12,13,14). The van der Waals surface area contributed by atoms with Gasteiger partial charge in [0.1, 0.15) is 0 Å². The van der Waals surface area contributed by atoms with E-state index in [0.29, 0.717) is 0 Å². The Morgan fingerprint density at radius 1 is 1.13 bits per heavy atom. The van der Waals surface area contributed by atoms with Crippen LogP contribution in [-0.2, 0) is 14.2 Å². The fraction of sp³-hybridized carbons (Fsp3) is 0.714. The van der Waals surface area contributed by atoms with Crippen LogP contribution in [0, 0.1) is 5.92 Å². The fourth-order valence-corrected chi connectivity index (χ4v) is 1.66. The lowest BCUT2D eigenvalue weighted by Crippen LogP contribution is -2.16. The molecule has 0 bridgehead atoms. The fourth-order valence-electron chi connectivity index (χ4n) is 1.01. The molecule has 0 heterocycles. The zero-order valence-corrected chi connectivity index (χ0v) is 8.76. The maximum Gasteiger partial charge on any atom is 0.325 e. The molecular weight excluding hydrogens is 227 g/mol. The third-order valence-electron chi connectivity index (χ3n) is 1.82. The van der Waals surface area contributed by atoms with Gasteiger partial charge in [0.05, 0.1) is 12.1 Å². The van der Waals surface area contributed by atoms with Gasteiger partial charge in [-0.15, -0.1) is 0 Å². The second-order valence-corrected chi connectivity index (χ2v) is 4.92. The predicted molar refractivity (Wildman–Crippen MR) is 49.5 cm³/mol. The first-order valence-corrected chi connectivity index (χ1v) is 6.01. The van der Waals surface area contributed by atoms with Crippen LogP contribution >= 0.6 is 7.60 Å². The van der Waals surface area contributed by atoms with E-state index in [2.05, 4.69) is 0 Å². The Hall–Kier alpha value is -0.910. The van der Waals surface area contributed by atoms with Crippen molar-refractivity contribution in [1.29, 1.82) is 0 Å². The van der Waals surface area contributed by atoms with E-state index in [-0.39, 0.29) is 19.3 Å². The van der Waals surface area contributed by atoms with E-state index >= 15 is 0 Å². The van der Waals surface area contributed by atoms with Crippen molar-refractivity contribution in [3.8, 4) is 0 Å². The minimum Gasteiger partial charge on any atom is -0.481 e. The molecule has 8 heteroatoms. The molecule has 88 valence electrons. The lowest BCUT2D eigenvalue weighted by Gasteiger charge is -2.11. The summed E-state index contributed by atoms with van der Waals surface area (Å²) in [6, 6.07) is 0. The molecule has 0 saturated carbocycles. The highest BCUT2D eigenvalue weighted by Crippen LogP contribution is 2.36. The Morgan fingerprint density at radius 3 is 2.00 bits per heavy atom. The Morgan fingerprint density at radius 2 is 1.67 bits per heavy atom. The topological polar surface area (TPSA) is 132 Å². The van der Waals surface area contributed by atoms with E-state index in [0.717, 1.165) is 0 Å².